The molecule has 0 spiro atoms. The highest BCUT2D eigenvalue weighted by atomic mass is 35.5. The van der Waals surface area contributed by atoms with Gasteiger partial charge in [0.2, 0.25) is 0 Å². The molecule has 1 atom stereocenters. The Morgan fingerprint density at radius 2 is 2.05 bits per heavy atom. The summed E-state index contributed by atoms with van der Waals surface area (Å²) in [4.78, 5) is 2.33. The zero-order chi connectivity index (χ0) is 13.7. The van der Waals surface area contributed by atoms with Gasteiger partial charge in [0.15, 0.2) is 0 Å². The van der Waals surface area contributed by atoms with Crippen molar-refractivity contribution in [3.8, 4) is 0 Å². The van der Waals surface area contributed by atoms with Crippen molar-refractivity contribution in [3.63, 3.8) is 0 Å². The van der Waals surface area contributed by atoms with Gasteiger partial charge < -0.3 is 10.4 Å². The first kappa shape index (κ1) is 14.7. The highest BCUT2D eigenvalue weighted by Gasteiger charge is 2.22. The van der Waals surface area contributed by atoms with E-state index in [9.17, 15) is 4.39 Å². The van der Waals surface area contributed by atoms with Crippen LogP contribution in [0.15, 0.2) is 18.2 Å². The van der Waals surface area contributed by atoms with E-state index in [0.29, 0.717) is 11.4 Å². The molecular weight excluding hydrogens is 267 g/mol. The standard InChI is InChI=1S/C14H20ClFN2O/c15-12-8-11(9-13(16)10-12)14(2-1-7-19)18-5-3-17-4-6-18/h8-10,14,17,19H,1-7H2/t14-/m1/s1. The largest absolute Gasteiger partial charge is 0.396 e. The summed E-state index contributed by atoms with van der Waals surface area (Å²) in [6, 6.07) is 4.83. The summed E-state index contributed by atoms with van der Waals surface area (Å²) in [7, 11) is 0. The van der Waals surface area contributed by atoms with E-state index in [1.165, 1.54) is 6.07 Å². The van der Waals surface area contributed by atoms with Crippen LogP contribution in [0.2, 0.25) is 5.02 Å². The summed E-state index contributed by atoms with van der Waals surface area (Å²) in [5.41, 5.74) is 0.903. The van der Waals surface area contributed by atoms with Gasteiger partial charge in [0.05, 0.1) is 0 Å². The van der Waals surface area contributed by atoms with E-state index in [-0.39, 0.29) is 18.5 Å². The molecule has 19 heavy (non-hydrogen) atoms. The second kappa shape index (κ2) is 7.20. The van der Waals surface area contributed by atoms with E-state index in [0.717, 1.165) is 38.2 Å². The van der Waals surface area contributed by atoms with Crippen molar-refractivity contribution >= 4 is 11.6 Å². The lowest BCUT2D eigenvalue weighted by Gasteiger charge is -2.35. The van der Waals surface area contributed by atoms with E-state index >= 15 is 0 Å². The lowest BCUT2D eigenvalue weighted by atomic mass is 9.99. The molecule has 1 aliphatic rings. The number of rotatable bonds is 5. The van der Waals surface area contributed by atoms with Crippen LogP contribution in [0.25, 0.3) is 0 Å². The summed E-state index contributed by atoms with van der Waals surface area (Å²) in [6.07, 6.45) is 1.53. The van der Waals surface area contributed by atoms with Crippen molar-refractivity contribution in [3.05, 3.63) is 34.6 Å². The summed E-state index contributed by atoms with van der Waals surface area (Å²) >= 11 is 5.95. The Morgan fingerprint density at radius 3 is 2.68 bits per heavy atom. The summed E-state index contributed by atoms with van der Waals surface area (Å²) < 4.78 is 13.5. The first-order valence-corrected chi connectivity index (χ1v) is 7.10. The first-order chi connectivity index (χ1) is 9.20. The number of benzene rings is 1. The van der Waals surface area contributed by atoms with Crippen molar-refractivity contribution in [2.24, 2.45) is 0 Å². The Labute approximate surface area is 118 Å². The van der Waals surface area contributed by atoms with Crippen LogP contribution in [0.5, 0.6) is 0 Å². The Balaban J connectivity index is 2.19. The minimum absolute atomic E-state index is 0.127. The Hall–Kier alpha value is -0.680. The van der Waals surface area contributed by atoms with Gasteiger partial charge in [-0.1, -0.05) is 11.6 Å². The fourth-order valence-electron chi connectivity index (χ4n) is 2.61. The molecular formula is C14H20ClFN2O. The maximum absolute atomic E-state index is 13.5. The van der Waals surface area contributed by atoms with Crippen molar-refractivity contribution < 1.29 is 9.50 Å². The van der Waals surface area contributed by atoms with Crippen LogP contribution in [0.1, 0.15) is 24.4 Å². The molecule has 0 aliphatic carbocycles. The van der Waals surface area contributed by atoms with Gasteiger partial charge in [-0.25, -0.2) is 4.39 Å². The lowest BCUT2D eigenvalue weighted by molar-refractivity contribution is 0.154. The molecule has 1 heterocycles. The van der Waals surface area contributed by atoms with Crippen LogP contribution >= 0.6 is 11.6 Å². The normalized spacial score (nSPS) is 18.5. The molecule has 1 aromatic carbocycles. The number of nitrogens with one attached hydrogen (secondary N) is 1. The summed E-state index contributed by atoms with van der Waals surface area (Å²) in [5.74, 6) is -0.299. The van der Waals surface area contributed by atoms with Crippen LogP contribution in [0, 0.1) is 5.82 Å². The van der Waals surface area contributed by atoms with E-state index in [1.54, 1.807) is 6.07 Å². The maximum atomic E-state index is 13.5. The molecule has 0 unspecified atom stereocenters. The smallest absolute Gasteiger partial charge is 0.125 e. The molecule has 0 amide bonds. The fraction of sp³-hybridized carbons (Fsp3) is 0.571. The quantitative estimate of drug-likeness (QED) is 0.871. The number of aliphatic hydroxyl groups excluding tert-OH is 1. The van der Waals surface area contributed by atoms with Gasteiger partial charge in [-0.2, -0.15) is 0 Å². The number of halogens is 2. The van der Waals surface area contributed by atoms with Crippen LogP contribution in [0.3, 0.4) is 0 Å². The number of nitrogens with zero attached hydrogens (tertiary/aromatic N) is 1. The highest BCUT2D eigenvalue weighted by Crippen LogP contribution is 2.28. The number of hydrogen-bond acceptors (Lipinski definition) is 3. The molecule has 1 aromatic rings. The van der Waals surface area contributed by atoms with Crippen molar-refractivity contribution in [1.29, 1.82) is 0 Å². The predicted molar refractivity (Wildman–Crippen MR) is 74.9 cm³/mol. The van der Waals surface area contributed by atoms with Crippen molar-refractivity contribution in [1.82, 2.24) is 10.2 Å². The molecule has 1 fully saturated rings. The van der Waals surface area contributed by atoms with E-state index in [4.69, 9.17) is 16.7 Å². The van der Waals surface area contributed by atoms with E-state index in [1.807, 2.05) is 6.07 Å². The third-order valence-electron chi connectivity index (χ3n) is 3.50. The Bertz CT molecular complexity index is 390. The summed E-state index contributed by atoms with van der Waals surface area (Å²) in [6.45, 7) is 3.91. The van der Waals surface area contributed by atoms with E-state index in [2.05, 4.69) is 10.2 Å². The molecule has 106 valence electrons. The molecule has 0 bridgehead atoms. The SMILES string of the molecule is OCCC[C@H](c1cc(F)cc(Cl)c1)N1CCNCC1. The van der Waals surface area contributed by atoms with Crippen molar-refractivity contribution in [2.75, 3.05) is 32.8 Å². The Morgan fingerprint density at radius 1 is 1.32 bits per heavy atom. The van der Waals surface area contributed by atoms with Crippen LogP contribution in [0.4, 0.5) is 4.39 Å². The van der Waals surface area contributed by atoms with Crippen molar-refractivity contribution in [2.45, 2.75) is 18.9 Å². The van der Waals surface area contributed by atoms with Gasteiger partial charge in [0.25, 0.3) is 0 Å². The third kappa shape index (κ3) is 4.14. The molecule has 2 N–H and O–H groups in total. The second-order valence-electron chi connectivity index (χ2n) is 4.87. The molecule has 0 saturated carbocycles. The van der Waals surface area contributed by atoms with E-state index < -0.39 is 0 Å². The summed E-state index contributed by atoms with van der Waals surface area (Å²) in [5, 5.41) is 12.8. The van der Waals surface area contributed by atoms with Gasteiger partial charge in [0, 0.05) is 43.9 Å². The molecule has 1 aliphatic heterocycles. The average molecular weight is 287 g/mol. The zero-order valence-electron chi connectivity index (χ0n) is 10.9. The van der Waals surface area contributed by atoms with Gasteiger partial charge >= 0.3 is 0 Å². The molecule has 5 heteroatoms. The highest BCUT2D eigenvalue weighted by molar-refractivity contribution is 6.30. The van der Waals surface area contributed by atoms with Gasteiger partial charge in [-0.15, -0.1) is 0 Å². The second-order valence-corrected chi connectivity index (χ2v) is 5.31. The van der Waals surface area contributed by atoms with Crippen LogP contribution < -0.4 is 5.32 Å². The molecule has 1 saturated heterocycles. The zero-order valence-corrected chi connectivity index (χ0v) is 11.7. The number of aliphatic hydroxyl groups is 1. The number of piperazine rings is 1. The monoisotopic (exact) mass is 286 g/mol. The minimum atomic E-state index is -0.299. The molecule has 0 radical (unpaired) electrons. The minimum Gasteiger partial charge on any atom is -0.396 e. The molecule has 3 nitrogen and oxygen atoms in total. The molecule has 0 aromatic heterocycles. The fourth-order valence-corrected chi connectivity index (χ4v) is 2.84. The van der Waals surface area contributed by atoms with Gasteiger partial charge in [-0.3, -0.25) is 4.90 Å². The van der Waals surface area contributed by atoms with Crippen LogP contribution in [-0.4, -0.2) is 42.8 Å². The average Bonchev–Trinajstić information content (AvgIpc) is 2.39. The molecule has 2 rings (SSSR count). The topological polar surface area (TPSA) is 35.5 Å². The van der Waals surface area contributed by atoms with Gasteiger partial charge in [-0.05, 0) is 36.6 Å². The van der Waals surface area contributed by atoms with Gasteiger partial charge in [0.1, 0.15) is 5.82 Å². The maximum Gasteiger partial charge on any atom is 0.125 e. The Kier molecular flexibility index (Phi) is 5.58. The predicted octanol–water partition coefficient (Wildman–Crippen LogP) is 2.20. The third-order valence-corrected chi connectivity index (χ3v) is 3.72. The first-order valence-electron chi connectivity index (χ1n) is 6.72. The lowest BCUT2D eigenvalue weighted by Crippen LogP contribution is -2.45. The number of hydrogen-bond donors (Lipinski definition) is 2. The van der Waals surface area contributed by atoms with Crippen LogP contribution in [-0.2, 0) is 0 Å².